The first-order chi connectivity index (χ1) is 15.4. The molecular weight excluding hydrogens is 446 g/mol. The Morgan fingerprint density at radius 3 is 2.62 bits per heavy atom. The Kier molecular flexibility index (Phi) is 8.59. The van der Waals surface area contributed by atoms with Crippen LogP contribution in [-0.2, 0) is 22.6 Å². The molecule has 32 heavy (non-hydrogen) atoms. The highest BCUT2D eigenvalue weighted by Gasteiger charge is 2.30. The number of halogens is 1. The number of carbonyl (C=O) groups excluding carboxylic acids is 1. The van der Waals surface area contributed by atoms with E-state index in [4.69, 9.17) is 20.8 Å². The van der Waals surface area contributed by atoms with Gasteiger partial charge in [-0.05, 0) is 50.1 Å². The van der Waals surface area contributed by atoms with E-state index in [2.05, 4.69) is 33.9 Å². The molecule has 6 nitrogen and oxygen atoms in total. The van der Waals surface area contributed by atoms with Crippen LogP contribution in [0.15, 0.2) is 64.4 Å². The summed E-state index contributed by atoms with van der Waals surface area (Å²) in [6.07, 6.45) is 4.99. The highest BCUT2D eigenvalue weighted by Crippen LogP contribution is 2.34. The molecule has 0 unspecified atom stereocenters. The second-order valence-electron chi connectivity index (χ2n) is 7.88. The molecule has 0 atom stereocenters. The predicted octanol–water partition coefficient (Wildman–Crippen LogP) is 6.14. The van der Waals surface area contributed by atoms with Crippen LogP contribution in [-0.4, -0.2) is 27.3 Å². The topological polar surface area (TPSA) is 68.5 Å². The number of furan rings is 1. The Balaban J connectivity index is 1.68. The minimum atomic E-state index is -0.654. The summed E-state index contributed by atoms with van der Waals surface area (Å²) in [6, 6.07) is 13.7. The van der Waals surface area contributed by atoms with E-state index in [9.17, 15) is 4.79 Å². The first kappa shape index (κ1) is 24.1. The monoisotopic (exact) mass is 473 g/mol. The SMILES string of the molecule is CCCCOC(=O)C(C)(C)Sc1ccc(CN(Cc2ccco2)c2cc(Cl)ncn2)cc1. The number of unbranched alkanes of at least 4 members (excludes halogenated alkanes) is 1. The summed E-state index contributed by atoms with van der Waals surface area (Å²) in [5, 5.41) is 0.388. The van der Waals surface area contributed by atoms with Gasteiger partial charge in [0.1, 0.15) is 27.8 Å². The lowest BCUT2D eigenvalue weighted by Gasteiger charge is -2.24. The van der Waals surface area contributed by atoms with Crippen molar-refractivity contribution in [2.24, 2.45) is 0 Å². The standard InChI is InChI=1S/C24H28ClN3O3S/c1-4-5-12-31-23(29)24(2,3)32-20-10-8-18(9-11-20)15-28(16-19-7-6-13-30-19)22-14-21(25)26-17-27-22/h6-11,13-14,17H,4-5,12,15-16H2,1-3H3. The van der Waals surface area contributed by atoms with Gasteiger partial charge in [0, 0.05) is 17.5 Å². The van der Waals surface area contributed by atoms with Crippen LogP contribution in [0.4, 0.5) is 5.82 Å². The molecule has 3 rings (SSSR count). The maximum atomic E-state index is 12.4. The lowest BCUT2D eigenvalue weighted by Crippen LogP contribution is -2.30. The number of ether oxygens (including phenoxy) is 1. The fraction of sp³-hybridized carbons (Fsp3) is 0.375. The Labute approximate surface area is 198 Å². The molecule has 0 saturated heterocycles. The van der Waals surface area contributed by atoms with Gasteiger partial charge in [0.05, 0.1) is 19.4 Å². The van der Waals surface area contributed by atoms with Crippen LogP contribution in [0.2, 0.25) is 5.15 Å². The van der Waals surface area contributed by atoms with Crippen molar-refractivity contribution in [3.05, 3.63) is 71.5 Å². The number of carbonyl (C=O) groups is 1. The van der Waals surface area contributed by atoms with Gasteiger partial charge in [-0.15, -0.1) is 11.8 Å². The van der Waals surface area contributed by atoms with Crippen LogP contribution < -0.4 is 4.90 Å². The van der Waals surface area contributed by atoms with Gasteiger partial charge in [-0.2, -0.15) is 0 Å². The van der Waals surface area contributed by atoms with Gasteiger partial charge in [-0.25, -0.2) is 9.97 Å². The number of benzene rings is 1. The fourth-order valence-electron chi connectivity index (χ4n) is 3.01. The van der Waals surface area contributed by atoms with Gasteiger partial charge in [-0.3, -0.25) is 4.79 Å². The van der Waals surface area contributed by atoms with Gasteiger partial charge in [-0.1, -0.05) is 37.1 Å². The smallest absolute Gasteiger partial charge is 0.321 e. The average Bonchev–Trinajstić information content (AvgIpc) is 3.28. The van der Waals surface area contributed by atoms with Gasteiger partial charge >= 0.3 is 5.97 Å². The molecule has 0 amide bonds. The summed E-state index contributed by atoms with van der Waals surface area (Å²) in [5.41, 5.74) is 1.10. The second kappa shape index (κ2) is 11.4. The van der Waals surface area contributed by atoms with Crippen molar-refractivity contribution in [2.45, 2.75) is 56.3 Å². The van der Waals surface area contributed by atoms with Crippen molar-refractivity contribution in [2.75, 3.05) is 11.5 Å². The highest BCUT2D eigenvalue weighted by molar-refractivity contribution is 8.01. The van der Waals surface area contributed by atoms with Crippen LogP contribution >= 0.6 is 23.4 Å². The molecule has 3 aromatic rings. The number of nitrogens with zero attached hydrogens (tertiary/aromatic N) is 3. The molecular formula is C24H28ClN3O3S. The van der Waals surface area contributed by atoms with E-state index in [0.29, 0.717) is 24.8 Å². The van der Waals surface area contributed by atoms with Crippen molar-refractivity contribution in [3.8, 4) is 0 Å². The fourth-order valence-corrected chi connectivity index (χ4v) is 4.15. The zero-order valence-electron chi connectivity index (χ0n) is 18.6. The normalized spacial score (nSPS) is 11.4. The second-order valence-corrected chi connectivity index (χ2v) is 9.96. The van der Waals surface area contributed by atoms with Crippen molar-refractivity contribution in [3.63, 3.8) is 0 Å². The van der Waals surface area contributed by atoms with E-state index in [0.717, 1.165) is 34.9 Å². The minimum absolute atomic E-state index is 0.190. The maximum absolute atomic E-state index is 12.4. The molecule has 1 aromatic carbocycles. The molecule has 0 radical (unpaired) electrons. The number of hydrogen-bond donors (Lipinski definition) is 0. The van der Waals surface area contributed by atoms with E-state index in [1.165, 1.54) is 18.1 Å². The van der Waals surface area contributed by atoms with Crippen LogP contribution in [0.5, 0.6) is 0 Å². The molecule has 170 valence electrons. The van der Waals surface area contributed by atoms with Gasteiger partial charge in [0.2, 0.25) is 0 Å². The van der Waals surface area contributed by atoms with Crippen molar-refractivity contribution in [1.29, 1.82) is 0 Å². The number of hydrogen-bond acceptors (Lipinski definition) is 7. The summed E-state index contributed by atoms with van der Waals surface area (Å²) in [7, 11) is 0. The molecule has 8 heteroatoms. The Hall–Kier alpha value is -2.51. The van der Waals surface area contributed by atoms with Gasteiger partial charge in [0.15, 0.2) is 0 Å². The predicted molar refractivity (Wildman–Crippen MR) is 128 cm³/mol. The van der Waals surface area contributed by atoms with Crippen molar-refractivity contribution in [1.82, 2.24) is 9.97 Å². The first-order valence-corrected chi connectivity index (χ1v) is 11.8. The quantitative estimate of drug-likeness (QED) is 0.143. The molecule has 0 bridgehead atoms. The van der Waals surface area contributed by atoms with Crippen LogP contribution in [0, 0.1) is 0 Å². The van der Waals surface area contributed by atoms with Crippen LogP contribution in [0.3, 0.4) is 0 Å². The van der Waals surface area contributed by atoms with Crippen molar-refractivity contribution < 1.29 is 13.9 Å². The summed E-state index contributed by atoms with van der Waals surface area (Å²) >= 11 is 7.58. The zero-order chi connectivity index (χ0) is 23.0. The molecule has 0 fully saturated rings. The lowest BCUT2D eigenvalue weighted by atomic mass is 10.2. The molecule has 0 N–H and O–H groups in total. The summed E-state index contributed by atoms with van der Waals surface area (Å²) in [4.78, 5) is 23.8. The van der Waals surface area contributed by atoms with Gasteiger partial charge < -0.3 is 14.1 Å². The number of thioether (sulfide) groups is 1. The van der Waals surface area contributed by atoms with E-state index in [-0.39, 0.29) is 5.97 Å². The van der Waals surface area contributed by atoms with E-state index < -0.39 is 4.75 Å². The summed E-state index contributed by atoms with van der Waals surface area (Å²) in [5.74, 6) is 1.36. The number of rotatable bonds is 11. The summed E-state index contributed by atoms with van der Waals surface area (Å²) in [6.45, 7) is 7.49. The number of anilines is 1. The highest BCUT2D eigenvalue weighted by atomic mass is 35.5. The first-order valence-electron chi connectivity index (χ1n) is 10.6. The Morgan fingerprint density at radius 2 is 1.97 bits per heavy atom. The number of aromatic nitrogens is 2. The molecule has 0 aliphatic rings. The van der Waals surface area contributed by atoms with Crippen molar-refractivity contribution >= 4 is 35.1 Å². The minimum Gasteiger partial charge on any atom is -0.467 e. The third kappa shape index (κ3) is 7.00. The lowest BCUT2D eigenvalue weighted by molar-refractivity contribution is -0.145. The van der Waals surface area contributed by atoms with Crippen LogP contribution in [0.1, 0.15) is 44.9 Å². The number of esters is 1. The molecule has 0 aliphatic heterocycles. The van der Waals surface area contributed by atoms with E-state index in [1.807, 2.05) is 38.1 Å². The third-order valence-electron chi connectivity index (χ3n) is 4.76. The van der Waals surface area contributed by atoms with E-state index >= 15 is 0 Å². The van der Waals surface area contributed by atoms with Crippen LogP contribution in [0.25, 0.3) is 0 Å². The van der Waals surface area contributed by atoms with E-state index in [1.54, 1.807) is 12.3 Å². The average molecular weight is 474 g/mol. The largest absolute Gasteiger partial charge is 0.467 e. The molecule has 0 saturated carbocycles. The third-order valence-corrected chi connectivity index (χ3v) is 6.15. The molecule has 2 heterocycles. The maximum Gasteiger partial charge on any atom is 0.321 e. The zero-order valence-corrected chi connectivity index (χ0v) is 20.2. The van der Waals surface area contributed by atoms with Gasteiger partial charge in [0.25, 0.3) is 0 Å². The Morgan fingerprint density at radius 1 is 1.19 bits per heavy atom. The molecule has 0 aliphatic carbocycles. The molecule has 2 aromatic heterocycles. The molecule has 0 spiro atoms. The summed E-state index contributed by atoms with van der Waals surface area (Å²) < 4.78 is 10.3. The Bertz CT molecular complexity index is 994.